The normalized spacial score (nSPS) is 19.8. The van der Waals surface area contributed by atoms with Crippen LogP contribution in [0.15, 0.2) is 6.20 Å². The second kappa shape index (κ2) is 5.10. The van der Waals surface area contributed by atoms with Gasteiger partial charge in [0.15, 0.2) is 11.0 Å². The van der Waals surface area contributed by atoms with Crippen molar-refractivity contribution >= 4 is 43.1 Å². The molecule has 1 amide bonds. The molecule has 1 aromatic rings. The third-order valence-corrected chi connectivity index (χ3v) is 4.68. The van der Waals surface area contributed by atoms with Gasteiger partial charge in [0.25, 0.3) is 5.88 Å². The first-order valence-corrected chi connectivity index (χ1v) is 7.88. The highest BCUT2D eigenvalue weighted by atomic mass is 35.7. The van der Waals surface area contributed by atoms with Gasteiger partial charge in [0.05, 0.1) is 13.3 Å². The van der Waals surface area contributed by atoms with Gasteiger partial charge in [0, 0.05) is 23.6 Å². The number of rotatable bonds is 3. The summed E-state index contributed by atoms with van der Waals surface area (Å²) in [5, 5.41) is -0.863. The fourth-order valence-corrected chi connectivity index (χ4v) is 2.89. The fraction of sp³-hybridized carbons (Fsp3) is 0.444. The van der Waals surface area contributed by atoms with Crippen LogP contribution >= 0.6 is 22.3 Å². The van der Waals surface area contributed by atoms with Crippen molar-refractivity contribution in [2.75, 3.05) is 18.6 Å². The van der Waals surface area contributed by atoms with Crippen molar-refractivity contribution < 1.29 is 17.9 Å². The Morgan fingerprint density at radius 1 is 1.53 bits per heavy atom. The van der Waals surface area contributed by atoms with E-state index in [2.05, 4.69) is 9.97 Å². The maximum absolute atomic E-state index is 11.8. The molecule has 0 radical (unpaired) electrons. The molecule has 0 saturated carbocycles. The van der Waals surface area contributed by atoms with E-state index in [1.54, 1.807) is 0 Å². The molecule has 1 aliphatic rings. The largest absolute Gasteiger partial charge is 0.478 e. The minimum Gasteiger partial charge on any atom is -0.478 e. The molecule has 0 aliphatic carbocycles. The molecule has 1 atom stereocenters. The second-order valence-electron chi connectivity index (χ2n) is 3.83. The highest BCUT2D eigenvalue weighted by molar-refractivity contribution is 8.14. The number of amides is 1. The lowest BCUT2D eigenvalue weighted by Crippen LogP contribution is -2.28. The van der Waals surface area contributed by atoms with E-state index in [1.165, 1.54) is 18.2 Å². The molecule has 1 saturated heterocycles. The minimum absolute atomic E-state index is 0.0495. The average Bonchev–Trinajstić information content (AvgIpc) is 2.71. The summed E-state index contributed by atoms with van der Waals surface area (Å²) >= 11 is 5.67. The van der Waals surface area contributed by atoms with Crippen LogP contribution in [0.3, 0.4) is 0 Å². The Kier molecular flexibility index (Phi) is 3.84. The predicted molar refractivity (Wildman–Crippen MR) is 69.1 cm³/mol. The third kappa shape index (κ3) is 2.90. The summed E-state index contributed by atoms with van der Waals surface area (Å²) in [5.74, 6) is -0.239. The molecule has 10 heteroatoms. The Labute approximate surface area is 118 Å². The zero-order valence-electron chi connectivity index (χ0n) is 9.71. The van der Waals surface area contributed by atoms with E-state index in [4.69, 9.17) is 27.0 Å². The van der Waals surface area contributed by atoms with Crippen LogP contribution in [0, 0.1) is 0 Å². The Morgan fingerprint density at radius 2 is 2.21 bits per heavy atom. The summed E-state index contributed by atoms with van der Waals surface area (Å²) < 4.78 is 27.5. The Bertz CT molecular complexity index is 622. The minimum atomic E-state index is -3.81. The van der Waals surface area contributed by atoms with Crippen molar-refractivity contribution in [3.8, 4) is 5.88 Å². The maximum atomic E-state index is 11.8. The highest BCUT2D eigenvalue weighted by Crippen LogP contribution is 2.31. The Morgan fingerprint density at radius 3 is 2.74 bits per heavy atom. The summed E-state index contributed by atoms with van der Waals surface area (Å²) in [6, 6.07) is 0. The van der Waals surface area contributed by atoms with Gasteiger partial charge in [-0.2, -0.15) is 4.98 Å². The number of halogens is 2. The van der Waals surface area contributed by atoms with E-state index in [1.807, 2.05) is 0 Å². The summed E-state index contributed by atoms with van der Waals surface area (Å²) in [4.78, 5) is 20.8. The molecule has 0 aromatic carbocycles. The van der Waals surface area contributed by atoms with E-state index < -0.39 is 20.2 Å². The zero-order chi connectivity index (χ0) is 14.2. The molecule has 0 bridgehead atoms. The fourth-order valence-electron chi connectivity index (χ4n) is 1.74. The van der Waals surface area contributed by atoms with Crippen LogP contribution in [-0.4, -0.2) is 43.2 Å². The quantitative estimate of drug-likeness (QED) is 0.764. The molecule has 0 N–H and O–H groups in total. The van der Waals surface area contributed by atoms with Crippen LogP contribution in [0.1, 0.15) is 6.42 Å². The van der Waals surface area contributed by atoms with Crippen molar-refractivity contribution in [2.45, 2.75) is 11.7 Å². The van der Waals surface area contributed by atoms with E-state index >= 15 is 0 Å². The monoisotopic (exact) mass is 325 g/mol. The average molecular weight is 326 g/mol. The standard InChI is InChI=1S/C9H9Cl2N3O4S/c1-18-9-8(12-3-6(10)13-9)14-4-5(2-7(14)15)19(11,16)17/h3,5H,2,4H2,1H3. The molecular formula is C9H9Cl2N3O4S. The van der Waals surface area contributed by atoms with Crippen LogP contribution in [-0.2, 0) is 13.8 Å². The van der Waals surface area contributed by atoms with Gasteiger partial charge in [-0.1, -0.05) is 11.6 Å². The van der Waals surface area contributed by atoms with E-state index in [0.717, 1.165) is 0 Å². The smallest absolute Gasteiger partial charge is 0.259 e. The van der Waals surface area contributed by atoms with Gasteiger partial charge in [-0.05, 0) is 0 Å². The molecule has 1 unspecified atom stereocenters. The van der Waals surface area contributed by atoms with Crippen LogP contribution < -0.4 is 9.64 Å². The second-order valence-corrected chi connectivity index (χ2v) is 7.13. The van der Waals surface area contributed by atoms with Crippen molar-refractivity contribution in [2.24, 2.45) is 0 Å². The molecular weight excluding hydrogens is 317 g/mol. The van der Waals surface area contributed by atoms with Crippen molar-refractivity contribution in [3.05, 3.63) is 11.3 Å². The highest BCUT2D eigenvalue weighted by Gasteiger charge is 2.39. The maximum Gasteiger partial charge on any atom is 0.259 e. The molecule has 2 rings (SSSR count). The number of ether oxygens (including phenoxy) is 1. The van der Waals surface area contributed by atoms with Gasteiger partial charge in [-0.15, -0.1) is 0 Å². The van der Waals surface area contributed by atoms with Crippen molar-refractivity contribution in [1.82, 2.24) is 9.97 Å². The molecule has 2 heterocycles. The summed E-state index contributed by atoms with van der Waals surface area (Å²) in [5.41, 5.74) is 0. The van der Waals surface area contributed by atoms with Gasteiger partial charge in [-0.25, -0.2) is 13.4 Å². The zero-order valence-corrected chi connectivity index (χ0v) is 12.0. The van der Waals surface area contributed by atoms with E-state index in [0.29, 0.717) is 0 Å². The number of aromatic nitrogens is 2. The Balaban J connectivity index is 2.36. The lowest BCUT2D eigenvalue weighted by molar-refractivity contribution is -0.117. The molecule has 1 aromatic heterocycles. The van der Waals surface area contributed by atoms with Crippen molar-refractivity contribution in [3.63, 3.8) is 0 Å². The first-order chi connectivity index (χ1) is 8.82. The molecule has 104 valence electrons. The number of carbonyl (C=O) groups is 1. The molecule has 19 heavy (non-hydrogen) atoms. The van der Waals surface area contributed by atoms with Gasteiger partial charge >= 0.3 is 0 Å². The lowest BCUT2D eigenvalue weighted by Gasteiger charge is -2.16. The van der Waals surface area contributed by atoms with Crippen LogP contribution in [0.5, 0.6) is 5.88 Å². The van der Waals surface area contributed by atoms with Crippen LogP contribution in [0.25, 0.3) is 0 Å². The van der Waals surface area contributed by atoms with Gasteiger partial charge < -0.3 is 4.74 Å². The Hall–Kier alpha value is -1.12. The first kappa shape index (κ1) is 14.3. The van der Waals surface area contributed by atoms with Gasteiger partial charge in [0.2, 0.25) is 15.0 Å². The number of hydrogen-bond donors (Lipinski definition) is 0. The molecule has 0 spiro atoms. The third-order valence-electron chi connectivity index (χ3n) is 2.63. The molecule has 1 aliphatic heterocycles. The van der Waals surface area contributed by atoms with Gasteiger partial charge in [0.1, 0.15) is 5.25 Å². The summed E-state index contributed by atoms with van der Waals surface area (Å²) in [7, 11) is 2.80. The SMILES string of the molecule is COc1nc(Cl)cnc1N1CC(S(=O)(=O)Cl)CC1=O. The van der Waals surface area contributed by atoms with E-state index in [-0.39, 0.29) is 29.8 Å². The number of methoxy groups -OCH3 is 1. The predicted octanol–water partition coefficient (Wildman–Crippen LogP) is 0.812. The van der Waals surface area contributed by atoms with Crippen LogP contribution in [0.2, 0.25) is 5.15 Å². The van der Waals surface area contributed by atoms with Gasteiger partial charge in [-0.3, -0.25) is 9.69 Å². The number of anilines is 1. The summed E-state index contributed by atoms with van der Waals surface area (Å²) in [6.45, 7) is -0.0860. The summed E-state index contributed by atoms with van der Waals surface area (Å²) in [6.07, 6.45) is 1.05. The number of hydrogen-bond acceptors (Lipinski definition) is 6. The lowest BCUT2D eigenvalue weighted by atomic mass is 10.4. The topological polar surface area (TPSA) is 89.5 Å². The molecule has 7 nitrogen and oxygen atoms in total. The van der Waals surface area contributed by atoms with Crippen LogP contribution in [0.4, 0.5) is 5.82 Å². The number of nitrogens with zero attached hydrogens (tertiary/aromatic N) is 3. The first-order valence-electron chi connectivity index (χ1n) is 5.13. The molecule has 1 fully saturated rings. The van der Waals surface area contributed by atoms with Crippen molar-refractivity contribution in [1.29, 1.82) is 0 Å². The number of carbonyl (C=O) groups excluding carboxylic acids is 1. The van der Waals surface area contributed by atoms with E-state index in [9.17, 15) is 13.2 Å².